The molecule has 0 unspecified atom stereocenters. The summed E-state index contributed by atoms with van der Waals surface area (Å²) >= 11 is 1.47. The van der Waals surface area contributed by atoms with E-state index in [0.717, 1.165) is 10.2 Å². The van der Waals surface area contributed by atoms with Crippen LogP contribution in [-0.4, -0.2) is 31.6 Å². The molecular formula is C20H17N5O3S. The first-order valence-electron chi connectivity index (χ1n) is 8.75. The molecule has 0 aliphatic heterocycles. The second-order valence-electron chi connectivity index (χ2n) is 6.40. The Labute approximate surface area is 169 Å². The molecule has 2 aromatic heterocycles. The molecular weight excluding hydrogens is 390 g/mol. The summed E-state index contributed by atoms with van der Waals surface area (Å²) in [6, 6.07) is 13.9. The van der Waals surface area contributed by atoms with Gasteiger partial charge in [0.25, 0.3) is 5.56 Å². The van der Waals surface area contributed by atoms with Crippen LogP contribution in [0.4, 0.5) is 5.13 Å². The molecule has 0 saturated heterocycles. The number of benzene rings is 2. The van der Waals surface area contributed by atoms with Gasteiger partial charge in [0.15, 0.2) is 0 Å². The number of carboxylic acid groups (broad SMARTS) is 1. The Balaban J connectivity index is 1.66. The molecule has 0 fully saturated rings. The van der Waals surface area contributed by atoms with E-state index in [1.807, 2.05) is 24.3 Å². The Kier molecular flexibility index (Phi) is 4.73. The lowest BCUT2D eigenvalue weighted by Crippen LogP contribution is -2.20. The average molecular weight is 407 g/mol. The van der Waals surface area contributed by atoms with E-state index in [2.05, 4.69) is 20.6 Å². The van der Waals surface area contributed by atoms with Crippen LogP contribution in [0.3, 0.4) is 0 Å². The van der Waals surface area contributed by atoms with Crippen molar-refractivity contribution in [2.75, 3.05) is 5.43 Å². The van der Waals surface area contributed by atoms with E-state index in [4.69, 9.17) is 0 Å². The van der Waals surface area contributed by atoms with Gasteiger partial charge in [0.1, 0.15) is 0 Å². The van der Waals surface area contributed by atoms with Gasteiger partial charge < -0.3 is 5.11 Å². The molecule has 0 atom stereocenters. The number of nitrogens with zero attached hydrogens (tertiary/aromatic N) is 3. The quantitative estimate of drug-likeness (QED) is 0.345. The number of aromatic carboxylic acids is 1. The first-order valence-corrected chi connectivity index (χ1v) is 9.57. The number of hydrazone groups is 1. The predicted octanol–water partition coefficient (Wildman–Crippen LogP) is 3.62. The molecule has 29 heavy (non-hydrogen) atoms. The number of fused-ring (bicyclic) bond motifs is 1. The molecule has 0 spiro atoms. The molecule has 3 N–H and O–H groups in total. The zero-order chi connectivity index (χ0) is 20.5. The van der Waals surface area contributed by atoms with Crippen LogP contribution in [-0.2, 0) is 0 Å². The number of rotatable bonds is 5. The minimum atomic E-state index is -1.05. The van der Waals surface area contributed by atoms with E-state index in [0.29, 0.717) is 27.8 Å². The summed E-state index contributed by atoms with van der Waals surface area (Å²) in [5, 5.41) is 17.1. The number of carbonyl (C=O) groups is 1. The lowest BCUT2D eigenvalue weighted by atomic mass is 10.2. The zero-order valence-corrected chi connectivity index (χ0v) is 16.4. The number of nitrogens with one attached hydrogen (secondary N) is 2. The fourth-order valence-corrected chi connectivity index (χ4v) is 3.85. The van der Waals surface area contributed by atoms with E-state index in [-0.39, 0.29) is 11.1 Å². The SMILES string of the molecule is C/C(=N\Nc1nc2ccccc2s1)c1c(C)[nH]n(-c2cccc(C(=O)O)c2)c1=O. The summed E-state index contributed by atoms with van der Waals surface area (Å²) < 4.78 is 2.36. The Morgan fingerprint density at radius 3 is 2.79 bits per heavy atom. The van der Waals surface area contributed by atoms with Crippen LogP contribution in [0.15, 0.2) is 58.4 Å². The molecule has 0 radical (unpaired) electrons. The summed E-state index contributed by atoms with van der Waals surface area (Å²) in [5.74, 6) is -1.05. The highest BCUT2D eigenvalue weighted by molar-refractivity contribution is 7.22. The minimum absolute atomic E-state index is 0.103. The number of hydrogen-bond donors (Lipinski definition) is 3. The van der Waals surface area contributed by atoms with Crippen LogP contribution >= 0.6 is 11.3 Å². The maximum atomic E-state index is 12.9. The largest absolute Gasteiger partial charge is 0.478 e. The number of para-hydroxylation sites is 1. The summed E-state index contributed by atoms with van der Waals surface area (Å²) in [6.45, 7) is 3.50. The molecule has 2 aromatic carbocycles. The molecule has 4 rings (SSSR count). The lowest BCUT2D eigenvalue weighted by Gasteiger charge is -2.02. The van der Waals surface area contributed by atoms with Gasteiger partial charge in [-0.05, 0) is 44.2 Å². The van der Waals surface area contributed by atoms with Crippen molar-refractivity contribution >= 4 is 38.4 Å². The highest BCUT2D eigenvalue weighted by Gasteiger charge is 2.16. The Morgan fingerprint density at radius 2 is 2.03 bits per heavy atom. The fourth-order valence-electron chi connectivity index (χ4n) is 3.04. The number of H-pyrrole nitrogens is 1. The van der Waals surface area contributed by atoms with Crippen molar-refractivity contribution in [3.05, 3.63) is 75.7 Å². The number of aromatic nitrogens is 3. The molecule has 4 aromatic rings. The van der Waals surface area contributed by atoms with Crippen LogP contribution in [0.1, 0.15) is 28.5 Å². The number of anilines is 1. The van der Waals surface area contributed by atoms with Gasteiger partial charge in [-0.2, -0.15) is 5.10 Å². The number of carboxylic acids is 1. The first kappa shape index (κ1) is 18.6. The van der Waals surface area contributed by atoms with E-state index in [1.165, 1.54) is 28.2 Å². The maximum absolute atomic E-state index is 12.9. The van der Waals surface area contributed by atoms with E-state index >= 15 is 0 Å². The van der Waals surface area contributed by atoms with Gasteiger partial charge in [-0.25, -0.2) is 14.5 Å². The van der Waals surface area contributed by atoms with E-state index < -0.39 is 5.97 Å². The van der Waals surface area contributed by atoms with Crippen LogP contribution in [0, 0.1) is 6.92 Å². The molecule has 9 heteroatoms. The third kappa shape index (κ3) is 3.55. The molecule has 8 nitrogen and oxygen atoms in total. The van der Waals surface area contributed by atoms with Gasteiger partial charge in [-0.1, -0.05) is 29.5 Å². The van der Waals surface area contributed by atoms with Crippen molar-refractivity contribution in [2.45, 2.75) is 13.8 Å². The summed E-state index contributed by atoms with van der Waals surface area (Å²) in [5.41, 5.74) is 5.57. The summed E-state index contributed by atoms with van der Waals surface area (Å²) in [4.78, 5) is 28.6. The van der Waals surface area contributed by atoms with Crippen molar-refractivity contribution in [1.82, 2.24) is 14.8 Å². The first-order chi connectivity index (χ1) is 13.9. The molecule has 0 saturated carbocycles. The third-order valence-electron chi connectivity index (χ3n) is 4.40. The standard InChI is InChI=1S/C20H17N5O3S/c1-11(22-23-20-21-15-8-3-4-9-16(15)29-20)17-12(2)24-25(18(17)26)14-7-5-6-13(10-14)19(27)28/h3-10,24H,1-2H3,(H,21,23)(H,27,28)/b22-11+. The van der Waals surface area contributed by atoms with Crippen LogP contribution in [0.5, 0.6) is 0 Å². The maximum Gasteiger partial charge on any atom is 0.335 e. The predicted molar refractivity (Wildman–Crippen MR) is 114 cm³/mol. The average Bonchev–Trinajstić information content (AvgIpc) is 3.26. The van der Waals surface area contributed by atoms with Crippen molar-refractivity contribution in [2.24, 2.45) is 5.10 Å². The normalized spacial score (nSPS) is 11.7. The minimum Gasteiger partial charge on any atom is -0.478 e. The highest BCUT2D eigenvalue weighted by Crippen LogP contribution is 2.25. The third-order valence-corrected chi connectivity index (χ3v) is 5.34. The van der Waals surface area contributed by atoms with Gasteiger partial charge in [0, 0.05) is 5.69 Å². The van der Waals surface area contributed by atoms with E-state index in [1.54, 1.807) is 26.0 Å². The van der Waals surface area contributed by atoms with Crippen molar-refractivity contribution in [1.29, 1.82) is 0 Å². The zero-order valence-electron chi connectivity index (χ0n) is 15.6. The number of hydrogen-bond acceptors (Lipinski definition) is 6. The van der Waals surface area contributed by atoms with Gasteiger partial charge >= 0.3 is 5.97 Å². The summed E-state index contributed by atoms with van der Waals surface area (Å²) in [6.07, 6.45) is 0. The molecule has 2 heterocycles. The molecule has 0 amide bonds. The van der Waals surface area contributed by atoms with Gasteiger partial charge in [0.05, 0.1) is 32.7 Å². The second-order valence-corrected chi connectivity index (χ2v) is 7.43. The van der Waals surface area contributed by atoms with Crippen LogP contribution < -0.4 is 11.0 Å². The van der Waals surface area contributed by atoms with Gasteiger partial charge in [-0.15, -0.1) is 0 Å². The number of aromatic amines is 1. The topological polar surface area (TPSA) is 112 Å². The molecule has 0 aliphatic carbocycles. The highest BCUT2D eigenvalue weighted by atomic mass is 32.1. The molecule has 0 bridgehead atoms. The molecule has 146 valence electrons. The number of aryl methyl sites for hydroxylation is 1. The van der Waals surface area contributed by atoms with Crippen LogP contribution in [0.2, 0.25) is 0 Å². The van der Waals surface area contributed by atoms with E-state index in [9.17, 15) is 14.7 Å². The van der Waals surface area contributed by atoms with Gasteiger partial charge in [0.2, 0.25) is 5.13 Å². The second kappa shape index (κ2) is 7.36. The summed E-state index contributed by atoms with van der Waals surface area (Å²) in [7, 11) is 0. The Morgan fingerprint density at radius 1 is 1.24 bits per heavy atom. The van der Waals surface area contributed by atoms with Gasteiger partial charge in [-0.3, -0.25) is 15.3 Å². The van der Waals surface area contributed by atoms with Crippen molar-refractivity contribution in [3.63, 3.8) is 0 Å². The lowest BCUT2D eigenvalue weighted by molar-refractivity contribution is 0.0697. The smallest absolute Gasteiger partial charge is 0.335 e. The van der Waals surface area contributed by atoms with Crippen molar-refractivity contribution < 1.29 is 9.90 Å². The van der Waals surface area contributed by atoms with Crippen molar-refractivity contribution in [3.8, 4) is 5.69 Å². The molecule has 0 aliphatic rings. The monoisotopic (exact) mass is 407 g/mol. The Bertz CT molecular complexity index is 1280. The fraction of sp³-hybridized carbons (Fsp3) is 0.100. The Hall–Kier alpha value is -3.72. The number of thiazole rings is 1. The van der Waals surface area contributed by atoms with Crippen LogP contribution in [0.25, 0.3) is 15.9 Å².